The molecule has 2 rings (SSSR count). The Morgan fingerprint density at radius 1 is 0.950 bits per heavy atom. The van der Waals surface area contributed by atoms with Gasteiger partial charge in [-0.25, -0.2) is 0 Å². The van der Waals surface area contributed by atoms with Crippen molar-refractivity contribution in [1.29, 1.82) is 0 Å². The van der Waals surface area contributed by atoms with Crippen LogP contribution in [0.1, 0.15) is 53.2 Å². The van der Waals surface area contributed by atoms with Crippen LogP contribution in [-0.2, 0) is 6.42 Å². The lowest BCUT2D eigenvalue weighted by molar-refractivity contribution is 0.103. The van der Waals surface area contributed by atoms with E-state index >= 15 is 0 Å². The molecule has 0 aromatic heterocycles. The molecule has 0 aliphatic carbocycles. The van der Waals surface area contributed by atoms with E-state index < -0.39 is 0 Å². The summed E-state index contributed by atoms with van der Waals surface area (Å²) in [7, 11) is 0. The molecule has 2 aromatic rings. The van der Waals surface area contributed by atoms with Crippen LogP contribution in [0.5, 0.6) is 0 Å². The largest absolute Gasteiger partial charge is 0.289 e. The van der Waals surface area contributed by atoms with E-state index in [9.17, 15) is 4.79 Å². The molecule has 0 spiro atoms. The van der Waals surface area contributed by atoms with Crippen molar-refractivity contribution in [3.8, 4) is 0 Å². The molecule has 0 saturated carbocycles. The summed E-state index contributed by atoms with van der Waals surface area (Å²) in [5.74, 6) is 0.105. The molecule has 0 amide bonds. The number of carbonyl (C=O) groups is 1. The lowest BCUT2D eigenvalue weighted by Gasteiger charge is -2.05. The summed E-state index contributed by atoms with van der Waals surface area (Å²) in [6, 6.07) is 15.8. The average molecular weight is 266 g/mol. The van der Waals surface area contributed by atoms with E-state index in [1.54, 1.807) is 0 Å². The topological polar surface area (TPSA) is 17.1 Å². The van der Waals surface area contributed by atoms with Gasteiger partial charge in [0.15, 0.2) is 5.78 Å². The fourth-order valence-electron chi connectivity index (χ4n) is 2.35. The molecule has 0 fully saturated rings. The summed E-state index contributed by atoms with van der Waals surface area (Å²) in [6.45, 7) is 4.22. The van der Waals surface area contributed by atoms with E-state index in [-0.39, 0.29) is 5.78 Å². The smallest absolute Gasteiger partial charge is 0.193 e. The van der Waals surface area contributed by atoms with Crippen LogP contribution in [0.3, 0.4) is 0 Å². The number of aryl methyl sites for hydroxylation is 2. The molecular weight excluding hydrogens is 244 g/mol. The number of rotatable bonds is 6. The summed E-state index contributed by atoms with van der Waals surface area (Å²) >= 11 is 0. The van der Waals surface area contributed by atoms with E-state index in [4.69, 9.17) is 0 Å². The summed E-state index contributed by atoms with van der Waals surface area (Å²) < 4.78 is 0. The third-order valence-electron chi connectivity index (χ3n) is 3.57. The lowest BCUT2D eigenvalue weighted by Crippen LogP contribution is -2.01. The highest BCUT2D eigenvalue weighted by molar-refractivity contribution is 6.09. The van der Waals surface area contributed by atoms with Crippen molar-refractivity contribution in [3.63, 3.8) is 0 Å². The molecule has 2 aromatic carbocycles. The number of hydrogen-bond acceptors (Lipinski definition) is 1. The Labute approximate surface area is 121 Å². The van der Waals surface area contributed by atoms with Gasteiger partial charge in [0.25, 0.3) is 0 Å². The van der Waals surface area contributed by atoms with E-state index in [0.29, 0.717) is 0 Å². The molecule has 0 bridgehead atoms. The minimum absolute atomic E-state index is 0.105. The van der Waals surface area contributed by atoms with Crippen LogP contribution in [0, 0.1) is 6.92 Å². The predicted molar refractivity (Wildman–Crippen MR) is 84.3 cm³/mol. The van der Waals surface area contributed by atoms with Gasteiger partial charge in [-0.3, -0.25) is 4.79 Å². The molecule has 0 aliphatic heterocycles. The SMILES string of the molecule is CCCCCc1ccc(C(=O)c2cccc(C)c2)cc1. The number of benzene rings is 2. The Kier molecular flexibility index (Phi) is 5.11. The van der Waals surface area contributed by atoms with Crippen LogP contribution < -0.4 is 0 Å². The Morgan fingerprint density at radius 2 is 1.70 bits per heavy atom. The fourth-order valence-corrected chi connectivity index (χ4v) is 2.35. The molecule has 20 heavy (non-hydrogen) atoms. The van der Waals surface area contributed by atoms with Gasteiger partial charge in [-0.05, 0) is 31.4 Å². The Morgan fingerprint density at radius 3 is 2.35 bits per heavy atom. The standard InChI is InChI=1S/C19H22O/c1-3-4-5-8-16-10-12-17(13-11-16)19(20)18-9-6-7-15(2)14-18/h6-7,9-14H,3-5,8H2,1-2H3. The van der Waals surface area contributed by atoms with Gasteiger partial charge in [0.2, 0.25) is 0 Å². The minimum atomic E-state index is 0.105. The van der Waals surface area contributed by atoms with Crippen LogP contribution in [0.2, 0.25) is 0 Å². The zero-order valence-electron chi connectivity index (χ0n) is 12.4. The van der Waals surface area contributed by atoms with E-state index in [0.717, 1.165) is 23.1 Å². The highest BCUT2D eigenvalue weighted by Gasteiger charge is 2.08. The van der Waals surface area contributed by atoms with Crippen molar-refractivity contribution in [2.45, 2.75) is 39.5 Å². The van der Waals surface area contributed by atoms with E-state index in [2.05, 4.69) is 19.1 Å². The molecule has 104 valence electrons. The Hall–Kier alpha value is -1.89. The third-order valence-corrected chi connectivity index (χ3v) is 3.57. The molecule has 0 atom stereocenters. The molecule has 0 saturated heterocycles. The van der Waals surface area contributed by atoms with Gasteiger partial charge in [0, 0.05) is 11.1 Å². The molecular formula is C19H22O. The molecule has 1 heteroatoms. The van der Waals surface area contributed by atoms with E-state index in [1.807, 2.05) is 43.3 Å². The maximum atomic E-state index is 12.4. The van der Waals surface area contributed by atoms with Crippen molar-refractivity contribution >= 4 is 5.78 Å². The molecule has 0 aliphatic rings. The number of unbranched alkanes of at least 4 members (excludes halogenated alkanes) is 2. The van der Waals surface area contributed by atoms with Gasteiger partial charge >= 0.3 is 0 Å². The minimum Gasteiger partial charge on any atom is -0.289 e. The first-order valence-electron chi connectivity index (χ1n) is 7.41. The van der Waals surface area contributed by atoms with Crippen molar-refractivity contribution < 1.29 is 4.79 Å². The summed E-state index contributed by atoms with van der Waals surface area (Å²) in [4.78, 5) is 12.4. The lowest BCUT2D eigenvalue weighted by atomic mass is 9.99. The molecule has 1 nitrogen and oxygen atoms in total. The summed E-state index contributed by atoms with van der Waals surface area (Å²) in [6.07, 6.45) is 4.84. The zero-order chi connectivity index (χ0) is 14.4. The van der Waals surface area contributed by atoms with Crippen molar-refractivity contribution in [3.05, 3.63) is 70.8 Å². The average Bonchev–Trinajstić information content (AvgIpc) is 2.47. The van der Waals surface area contributed by atoms with Crippen LogP contribution in [0.25, 0.3) is 0 Å². The van der Waals surface area contributed by atoms with Crippen molar-refractivity contribution in [2.75, 3.05) is 0 Å². The maximum Gasteiger partial charge on any atom is 0.193 e. The second kappa shape index (κ2) is 7.04. The van der Waals surface area contributed by atoms with Gasteiger partial charge in [-0.1, -0.05) is 67.8 Å². The van der Waals surface area contributed by atoms with Crippen LogP contribution in [-0.4, -0.2) is 5.78 Å². The second-order valence-corrected chi connectivity index (χ2v) is 5.35. The first-order valence-corrected chi connectivity index (χ1v) is 7.41. The monoisotopic (exact) mass is 266 g/mol. The zero-order valence-corrected chi connectivity index (χ0v) is 12.4. The van der Waals surface area contributed by atoms with Crippen molar-refractivity contribution in [1.82, 2.24) is 0 Å². The number of ketones is 1. The van der Waals surface area contributed by atoms with Gasteiger partial charge in [0.05, 0.1) is 0 Å². The quantitative estimate of drug-likeness (QED) is 0.533. The first kappa shape index (κ1) is 14.5. The second-order valence-electron chi connectivity index (χ2n) is 5.35. The van der Waals surface area contributed by atoms with Crippen LogP contribution >= 0.6 is 0 Å². The predicted octanol–water partition coefficient (Wildman–Crippen LogP) is 4.96. The van der Waals surface area contributed by atoms with Gasteiger partial charge < -0.3 is 0 Å². The van der Waals surface area contributed by atoms with Gasteiger partial charge in [-0.15, -0.1) is 0 Å². The number of carbonyl (C=O) groups excluding carboxylic acids is 1. The first-order chi connectivity index (χ1) is 9.70. The van der Waals surface area contributed by atoms with E-state index in [1.165, 1.54) is 24.8 Å². The van der Waals surface area contributed by atoms with Gasteiger partial charge in [0.1, 0.15) is 0 Å². The molecule has 0 radical (unpaired) electrons. The number of hydrogen-bond donors (Lipinski definition) is 0. The summed E-state index contributed by atoms with van der Waals surface area (Å²) in [5, 5.41) is 0. The summed E-state index contributed by atoms with van der Waals surface area (Å²) in [5.41, 5.74) is 3.98. The third kappa shape index (κ3) is 3.80. The maximum absolute atomic E-state index is 12.4. The Balaban J connectivity index is 2.07. The fraction of sp³-hybridized carbons (Fsp3) is 0.316. The van der Waals surface area contributed by atoms with Crippen LogP contribution in [0.15, 0.2) is 48.5 Å². The normalized spacial score (nSPS) is 10.5. The Bertz CT molecular complexity index is 567. The molecule has 0 unspecified atom stereocenters. The molecule has 0 N–H and O–H groups in total. The van der Waals surface area contributed by atoms with Gasteiger partial charge in [-0.2, -0.15) is 0 Å². The highest BCUT2D eigenvalue weighted by Crippen LogP contribution is 2.14. The highest BCUT2D eigenvalue weighted by atomic mass is 16.1. The van der Waals surface area contributed by atoms with Crippen molar-refractivity contribution in [2.24, 2.45) is 0 Å². The van der Waals surface area contributed by atoms with Crippen LogP contribution in [0.4, 0.5) is 0 Å². The molecule has 0 heterocycles.